The Morgan fingerprint density at radius 1 is 1.32 bits per heavy atom. The lowest BCUT2D eigenvalue weighted by atomic mass is 10.00. The number of nitrogens with zero attached hydrogens (tertiary/aromatic N) is 2. The van der Waals surface area contributed by atoms with E-state index in [-0.39, 0.29) is 31.0 Å². The number of alkyl halides is 4. The largest absolute Gasteiger partial charge is 0.416 e. The topological polar surface area (TPSA) is 77.8 Å². The fourth-order valence-corrected chi connectivity index (χ4v) is 2.96. The third-order valence-corrected chi connectivity index (χ3v) is 4.44. The van der Waals surface area contributed by atoms with Gasteiger partial charge >= 0.3 is 6.18 Å². The van der Waals surface area contributed by atoms with Crippen LogP contribution in [-0.4, -0.2) is 29.6 Å². The van der Waals surface area contributed by atoms with E-state index < -0.39 is 24.0 Å². The van der Waals surface area contributed by atoms with E-state index in [4.69, 9.17) is 0 Å². The van der Waals surface area contributed by atoms with Gasteiger partial charge in [-0.3, -0.25) is 9.78 Å². The average Bonchev–Trinajstić information content (AvgIpc) is 3.12. The van der Waals surface area contributed by atoms with Gasteiger partial charge in [0.1, 0.15) is 12.2 Å². The van der Waals surface area contributed by atoms with Gasteiger partial charge in [-0.2, -0.15) is 18.4 Å². The number of nitriles is 1. The number of nitrogens with one attached hydrogen (secondary N) is 2. The third-order valence-electron chi connectivity index (χ3n) is 4.44. The Morgan fingerprint density at radius 2 is 2.04 bits per heavy atom. The molecule has 0 aliphatic carbocycles. The summed E-state index contributed by atoms with van der Waals surface area (Å²) in [5.74, 6) is -0.359. The van der Waals surface area contributed by atoms with Crippen LogP contribution in [0.2, 0.25) is 0 Å². The number of hydrogen-bond donors (Lipinski definition) is 2. The van der Waals surface area contributed by atoms with Crippen LogP contribution >= 0.6 is 0 Å². The molecular weight excluding hydrogens is 376 g/mol. The van der Waals surface area contributed by atoms with Crippen molar-refractivity contribution in [2.24, 2.45) is 0 Å². The van der Waals surface area contributed by atoms with Crippen LogP contribution in [0.4, 0.5) is 17.6 Å². The van der Waals surface area contributed by atoms with Gasteiger partial charge in [0.25, 0.3) is 0 Å². The molecular formula is C19H16F4N4O. The van der Waals surface area contributed by atoms with Gasteiger partial charge in [0.2, 0.25) is 5.91 Å². The molecule has 1 saturated heterocycles. The second kappa shape index (κ2) is 7.94. The quantitative estimate of drug-likeness (QED) is 0.785. The number of halogens is 4. The minimum Gasteiger partial charge on any atom is -0.349 e. The maximum Gasteiger partial charge on any atom is 0.416 e. The van der Waals surface area contributed by atoms with E-state index in [1.54, 1.807) is 6.07 Å². The second-order valence-corrected chi connectivity index (χ2v) is 6.42. The molecule has 2 atom stereocenters. The summed E-state index contributed by atoms with van der Waals surface area (Å²) in [6.45, 7) is 0.179. The van der Waals surface area contributed by atoms with Crippen molar-refractivity contribution in [1.82, 2.24) is 15.6 Å². The van der Waals surface area contributed by atoms with Gasteiger partial charge in [0.15, 0.2) is 0 Å². The van der Waals surface area contributed by atoms with Crippen LogP contribution in [-0.2, 0) is 17.5 Å². The molecule has 1 amide bonds. The van der Waals surface area contributed by atoms with Gasteiger partial charge in [0, 0.05) is 24.7 Å². The van der Waals surface area contributed by atoms with E-state index in [1.165, 1.54) is 18.3 Å². The Hall–Kier alpha value is -2.99. The Labute approximate surface area is 158 Å². The minimum absolute atomic E-state index is 0.0489. The Morgan fingerprint density at radius 3 is 2.61 bits per heavy atom. The van der Waals surface area contributed by atoms with Gasteiger partial charge in [-0.15, -0.1) is 0 Å². The summed E-state index contributed by atoms with van der Waals surface area (Å²) < 4.78 is 51.4. The normalized spacial score (nSPS) is 19.2. The predicted molar refractivity (Wildman–Crippen MR) is 92.5 cm³/mol. The molecule has 2 aromatic rings. The standard InChI is InChI=1S/C19H16F4N4O/c20-14-5-17(26-9-14)18(28)27-10-15-6-16(12(7-24)8-25-15)11-1-3-13(4-2-11)19(21,22)23/h1-4,6,8,14,17,26H,5,9-10H2,(H,27,28)/t14-,17+/m1/s1. The van der Waals surface area contributed by atoms with Crippen LogP contribution in [0, 0.1) is 11.3 Å². The van der Waals surface area contributed by atoms with E-state index in [9.17, 15) is 27.6 Å². The van der Waals surface area contributed by atoms with E-state index in [1.807, 2.05) is 6.07 Å². The van der Waals surface area contributed by atoms with E-state index in [0.717, 1.165) is 12.1 Å². The Bertz CT molecular complexity index is 906. The van der Waals surface area contributed by atoms with Crippen LogP contribution in [0.1, 0.15) is 23.2 Å². The first-order valence-corrected chi connectivity index (χ1v) is 8.49. The summed E-state index contributed by atoms with van der Waals surface area (Å²) in [6, 6.07) is 7.34. The summed E-state index contributed by atoms with van der Waals surface area (Å²) in [4.78, 5) is 16.1. The van der Waals surface area contributed by atoms with Crippen LogP contribution < -0.4 is 10.6 Å². The van der Waals surface area contributed by atoms with Crippen molar-refractivity contribution >= 4 is 5.91 Å². The van der Waals surface area contributed by atoms with Crippen LogP contribution in [0.3, 0.4) is 0 Å². The van der Waals surface area contributed by atoms with Crippen LogP contribution in [0.15, 0.2) is 36.5 Å². The maximum absolute atomic E-state index is 13.2. The summed E-state index contributed by atoms with van der Waals surface area (Å²) in [6.07, 6.45) is -4.10. The van der Waals surface area contributed by atoms with Crippen LogP contribution in [0.5, 0.6) is 0 Å². The number of hydrogen-bond acceptors (Lipinski definition) is 4. The molecule has 1 aliphatic rings. The molecule has 0 unspecified atom stereocenters. The molecule has 5 nitrogen and oxygen atoms in total. The summed E-state index contributed by atoms with van der Waals surface area (Å²) in [5, 5.41) is 14.7. The first-order chi connectivity index (χ1) is 13.3. The lowest BCUT2D eigenvalue weighted by molar-refractivity contribution is -0.137. The van der Waals surface area contributed by atoms with Gasteiger partial charge in [-0.05, 0) is 23.8 Å². The number of pyridine rings is 1. The number of aromatic nitrogens is 1. The van der Waals surface area contributed by atoms with E-state index >= 15 is 0 Å². The molecule has 0 saturated carbocycles. The number of carbonyl (C=O) groups excluding carboxylic acids is 1. The molecule has 2 heterocycles. The van der Waals surface area contributed by atoms with Crippen molar-refractivity contribution in [3.8, 4) is 17.2 Å². The van der Waals surface area contributed by atoms with Gasteiger partial charge < -0.3 is 10.6 Å². The summed E-state index contributed by atoms with van der Waals surface area (Å²) >= 11 is 0. The monoisotopic (exact) mass is 392 g/mol. The predicted octanol–water partition coefficient (Wildman–Crippen LogP) is 2.96. The second-order valence-electron chi connectivity index (χ2n) is 6.42. The number of carbonyl (C=O) groups is 1. The first-order valence-electron chi connectivity index (χ1n) is 8.49. The van der Waals surface area contributed by atoms with E-state index in [2.05, 4.69) is 15.6 Å². The van der Waals surface area contributed by atoms with Gasteiger partial charge in [0.05, 0.1) is 29.4 Å². The highest BCUT2D eigenvalue weighted by molar-refractivity contribution is 5.82. The first kappa shape index (κ1) is 19.8. The van der Waals surface area contributed by atoms with Gasteiger partial charge in [-0.25, -0.2) is 4.39 Å². The highest BCUT2D eigenvalue weighted by Crippen LogP contribution is 2.31. The molecule has 1 fully saturated rings. The molecule has 3 rings (SSSR count). The van der Waals surface area contributed by atoms with Crippen molar-refractivity contribution in [3.63, 3.8) is 0 Å². The smallest absolute Gasteiger partial charge is 0.349 e. The molecule has 28 heavy (non-hydrogen) atoms. The zero-order valence-corrected chi connectivity index (χ0v) is 14.6. The lowest BCUT2D eigenvalue weighted by Gasteiger charge is -2.12. The fraction of sp³-hybridized carbons (Fsp3) is 0.316. The van der Waals surface area contributed by atoms with Crippen molar-refractivity contribution in [2.75, 3.05) is 6.54 Å². The molecule has 1 aromatic heterocycles. The molecule has 9 heteroatoms. The molecule has 0 spiro atoms. The third kappa shape index (κ3) is 4.46. The molecule has 0 radical (unpaired) electrons. The summed E-state index contributed by atoms with van der Waals surface area (Å²) in [7, 11) is 0. The van der Waals surface area contributed by atoms with Crippen molar-refractivity contribution in [1.29, 1.82) is 5.26 Å². The molecule has 0 bridgehead atoms. The Kier molecular flexibility index (Phi) is 5.61. The highest BCUT2D eigenvalue weighted by Gasteiger charge is 2.30. The average molecular weight is 392 g/mol. The zero-order valence-electron chi connectivity index (χ0n) is 14.6. The minimum atomic E-state index is -4.45. The molecule has 2 N–H and O–H groups in total. The zero-order chi connectivity index (χ0) is 20.3. The number of rotatable bonds is 4. The van der Waals surface area contributed by atoms with Gasteiger partial charge in [-0.1, -0.05) is 12.1 Å². The molecule has 1 aliphatic heterocycles. The van der Waals surface area contributed by atoms with Crippen molar-refractivity contribution in [2.45, 2.75) is 31.4 Å². The van der Waals surface area contributed by atoms with Crippen LogP contribution in [0.25, 0.3) is 11.1 Å². The van der Waals surface area contributed by atoms with E-state index in [0.29, 0.717) is 16.8 Å². The van der Waals surface area contributed by atoms with Crippen molar-refractivity contribution < 1.29 is 22.4 Å². The van der Waals surface area contributed by atoms with Crippen molar-refractivity contribution in [3.05, 3.63) is 53.3 Å². The number of benzene rings is 1. The summed E-state index contributed by atoms with van der Waals surface area (Å²) in [5.41, 5.74) is 0.687. The fourth-order valence-electron chi connectivity index (χ4n) is 2.96. The number of amides is 1. The molecule has 146 valence electrons. The molecule has 1 aromatic carbocycles. The lowest BCUT2D eigenvalue weighted by Crippen LogP contribution is -2.40. The SMILES string of the molecule is N#Cc1cnc(CNC(=O)[C@@H]2C[C@@H](F)CN2)cc1-c1ccc(C(F)(F)F)cc1. The highest BCUT2D eigenvalue weighted by atomic mass is 19.4. The Balaban J connectivity index is 1.77. The maximum atomic E-state index is 13.2.